The number of carboxylic acids is 1. The van der Waals surface area contributed by atoms with Crippen LogP contribution in [0.15, 0.2) is 0 Å². The van der Waals surface area contributed by atoms with E-state index in [1.807, 2.05) is 0 Å². The third kappa shape index (κ3) is 7.15. The Balaban J connectivity index is 4.41. The highest BCUT2D eigenvalue weighted by Gasteiger charge is 2.26. The molecule has 7 heteroatoms. The van der Waals surface area contributed by atoms with Crippen molar-refractivity contribution in [2.75, 3.05) is 7.05 Å². The summed E-state index contributed by atoms with van der Waals surface area (Å²) >= 11 is 0. The third-order valence-corrected chi connectivity index (χ3v) is 1.62. The first kappa shape index (κ1) is 15.2. The molecule has 0 radical (unpaired) electrons. The van der Waals surface area contributed by atoms with Gasteiger partial charge in [0, 0.05) is 7.05 Å². The first-order valence-corrected chi connectivity index (χ1v) is 5.08. The molecule has 1 atom stereocenters. The van der Waals surface area contributed by atoms with Gasteiger partial charge < -0.3 is 20.5 Å². The van der Waals surface area contributed by atoms with E-state index in [-0.39, 0.29) is 0 Å². The number of carboxylic acid groups (broad SMARTS) is 1. The summed E-state index contributed by atoms with van der Waals surface area (Å²) in [6.45, 7) is 5.02. The number of ether oxygens (including phenoxy) is 1. The zero-order valence-electron chi connectivity index (χ0n) is 10.4. The fourth-order valence-electron chi connectivity index (χ4n) is 0.980. The Labute approximate surface area is 99.5 Å². The van der Waals surface area contributed by atoms with E-state index in [1.54, 1.807) is 20.8 Å². The molecule has 0 aromatic heterocycles. The molecule has 0 aliphatic carbocycles. The molecule has 98 valence electrons. The second-order valence-corrected chi connectivity index (χ2v) is 4.40. The van der Waals surface area contributed by atoms with E-state index in [4.69, 9.17) is 9.84 Å². The van der Waals surface area contributed by atoms with Crippen LogP contribution >= 0.6 is 0 Å². The van der Waals surface area contributed by atoms with E-state index in [9.17, 15) is 14.4 Å². The predicted octanol–water partition coefficient (Wildman–Crippen LogP) is 0.100. The molecule has 0 unspecified atom stereocenters. The summed E-state index contributed by atoms with van der Waals surface area (Å²) in [5.74, 6) is -1.97. The van der Waals surface area contributed by atoms with Gasteiger partial charge in [0.25, 0.3) is 0 Å². The van der Waals surface area contributed by atoms with Crippen molar-refractivity contribution in [2.45, 2.75) is 38.8 Å². The van der Waals surface area contributed by atoms with E-state index in [2.05, 4.69) is 10.6 Å². The van der Waals surface area contributed by atoms with Gasteiger partial charge >= 0.3 is 18.0 Å². The summed E-state index contributed by atoms with van der Waals surface area (Å²) < 4.78 is 4.96. The molecule has 0 aliphatic heterocycles. The number of nitrogens with one attached hydrogen (secondary N) is 2. The van der Waals surface area contributed by atoms with Crippen LogP contribution in [-0.4, -0.2) is 41.8 Å². The van der Waals surface area contributed by atoms with E-state index in [0.29, 0.717) is 0 Å². The number of aliphatic carboxylic acids is 1. The molecule has 0 heterocycles. The number of carbonyl (C=O) groups is 3. The smallest absolute Gasteiger partial charge is 0.326 e. The summed E-state index contributed by atoms with van der Waals surface area (Å²) in [5.41, 5.74) is -0.687. The largest absolute Gasteiger partial charge is 0.480 e. The van der Waals surface area contributed by atoms with Gasteiger partial charge in [0.1, 0.15) is 11.6 Å². The van der Waals surface area contributed by atoms with Gasteiger partial charge in [-0.05, 0) is 20.8 Å². The van der Waals surface area contributed by atoms with Gasteiger partial charge in [-0.2, -0.15) is 0 Å². The number of carbonyl (C=O) groups excluding carboxylic acids is 2. The number of hydrogen-bond acceptors (Lipinski definition) is 4. The molecule has 0 bridgehead atoms. The van der Waals surface area contributed by atoms with Gasteiger partial charge in [-0.15, -0.1) is 0 Å². The lowest BCUT2D eigenvalue weighted by Gasteiger charge is -2.21. The Bertz CT molecular complexity index is 308. The minimum atomic E-state index is -1.30. The van der Waals surface area contributed by atoms with Crippen LogP contribution in [0.3, 0.4) is 0 Å². The monoisotopic (exact) mass is 246 g/mol. The Hall–Kier alpha value is -1.79. The van der Waals surface area contributed by atoms with E-state index < -0.39 is 36.0 Å². The lowest BCUT2D eigenvalue weighted by Crippen LogP contribution is -2.46. The van der Waals surface area contributed by atoms with Crippen LogP contribution in [0, 0.1) is 0 Å². The highest BCUT2D eigenvalue weighted by atomic mass is 16.6. The zero-order valence-corrected chi connectivity index (χ0v) is 10.4. The number of hydrogen-bond donors (Lipinski definition) is 3. The fraction of sp³-hybridized carbons (Fsp3) is 0.700. The zero-order chi connectivity index (χ0) is 13.6. The molecular weight excluding hydrogens is 228 g/mol. The van der Waals surface area contributed by atoms with Crippen molar-refractivity contribution >= 4 is 18.0 Å². The van der Waals surface area contributed by atoms with E-state index >= 15 is 0 Å². The van der Waals surface area contributed by atoms with Gasteiger partial charge in [-0.25, -0.2) is 9.59 Å². The average Bonchev–Trinajstić information content (AvgIpc) is 2.13. The first-order valence-electron chi connectivity index (χ1n) is 5.08. The van der Waals surface area contributed by atoms with E-state index in [1.165, 1.54) is 7.05 Å². The minimum absolute atomic E-state index is 0.417. The van der Waals surface area contributed by atoms with Crippen LogP contribution in [0.5, 0.6) is 0 Å². The summed E-state index contributed by atoms with van der Waals surface area (Å²) in [4.78, 5) is 33.1. The van der Waals surface area contributed by atoms with Crippen molar-refractivity contribution in [2.24, 2.45) is 0 Å². The van der Waals surface area contributed by atoms with Gasteiger partial charge in [0.05, 0.1) is 6.42 Å². The van der Waals surface area contributed by atoms with Crippen molar-refractivity contribution < 1.29 is 24.2 Å². The molecule has 0 aliphatic rings. The van der Waals surface area contributed by atoms with Crippen molar-refractivity contribution in [3.63, 3.8) is 0 Å². The lowest BCUT2D eigenvalue weighted by atomic mass is 10.1. The van der Waals surface area contributed by atoms with Crippen LogP contribution in [0.25, 0.3) is 0 Å². The molecule has 0 aromatic rings. The molecule has 0 saturated carbocycles. The number of rotatable bonds is 4. The SMILES string of the molecule is CNC(=O)N[C@@H](CC(=O)OC(C)(C)C)C(=O)O. The summed E-state index contributed by atoms with van der Waals surface area (Å²) in [7, 11) is 1.35. The van der Waals surface area contributed by atoms with Crippen LogP contribution < -0.4 is 10.6 Å². The maximum absolute atomic E-state index is 11.4. The second kappa shape index (κ2) is 6.07. The number of esters is 1. The van der Waals surface area contributed by atoms with Gasteiger partial charge in [-0.1, -0.05) is 0 Å². The highest BCUT2D eigenvalue weighted by Crippen LogP contribution is 2.09. The van der Waals surface area contributed by atoms with Gasteiger partial charge in [0.15, 0.2) is 0 Å². The van der Waals surface area contributed by atoms with Crippen LogP contribution in [0.4, 0.5) is 4.79 Å². The maximum Gasteiger partial charge on any atom is 0.326 e. The Morgan fingerprint density at radius 3 is 2.18 bits per heavy atom. The van der Waals surface area contributed by atoms with Crippen molar-refractivity contribution in [3.05, 3.63) is 0 Å². The van der Waals surface area contributed by atoms with E-state index in [0.717, 1.165) is 0 Å². The molecule has 0 fully saturated rings. The topological polar surface area (TPSA) is 105 Å². The standard InChI is InChI=1S/C10H18N2O5/c1-10(2,3)17-7(13)5-6(8(14)15)12-9(16)11-4/h6H,5H2,1-4H3,(H,14,15)(H2,11,12,16)/t6-/m0/s1. The van der Waals surface area contributed by atoms with Crippen LogP contribution in [0.2, 0.25) is 0 Å². The molecular formula is C10H18N2O5. The highest BCUT2D eigenvalue weighted by molar-refractivity contribution is 5.86. The normalized spacial score (nSPS) is 12.5. The second-order valence-electron chi connectivity index (χ2n) is 4.40. The Morgan fingerprint density at radius 1 is 1.29 bits per heavy atom. The van der Waals surface area contributed by atoms with Crippen LogP contribution in [0.1, 0.15) is 27.2 Å². The number of urea groups is 1. The molecule has 17 heavy (non-hydrogen) atoms. The molecule has 0 spiro atoms. The Morgan fingerprint density at radius 2 is 1.82 bits per heavy atom. The summed E-state index contributed by atoms with van der Waals surface area (Å²) in [5, 5.41) is 13.2. The molecule has 0 aromatic carbocycles. The Kier molecular flexibility index (Phi) is 5.43. The molecule has 7 nitrogen and oxygen atoms in total. The van der Waals surface area contributed by atoms with Crippen LogP contribution in [-0.2, 0) is 14.3 Å². The summed E-state index contributed by atoms with van der Waals surface area (Å²) in [6.07, 6.45) is -0.417. The molecule has 0 saturated heterocycles. The molecule has 2 amide bonds. The van der Waals surface area contributed by atoms with Gasteiger partial charge in [-0.3, -0.25) is 4.79 Å². The van der Waals surface area contributed by atoms with Crippen molar-refractivity contribution in [1.82, 2.24) is 10.6 Å². The third-order valence-electron chi connectivity index (χ3n) is 1.62. The maximum atomic E-state index is 11.4. The summed E-state index contributed by atoms with van der Waals surface area (Å²) in [6, 6.07) is -1.97. The molecule has 3 N–H and O–H groups in total. The minimum Gasteiger partial charge on any atom is -0.480 e. The number of amides is 2. The van der Waals surface area contributed by atoms with Crippen molar-refractivity contribution in [3.8, 4) is 0 Å². The van der Waals surface area contributed by atoms with Crippen molar-refractivity contribution in [1.29, 1.82) is 0 Å². The quantitative estimate of drug-likeness (QED) is 0.610. The molecule has 0 rings (SSSR count). The van der Waals surface area contributed by atoms with Gasteiger partial charge in [0.2, 0.25) is 0 Å². The first-order chi connectivity index (χ1) is 7.65. The average molecular weight is 246 g/mol. The lowest BCUT2D eigenvalue weighted by molar-refractivity contribution is -0.158. The fourth-order valence-corrected chi connectivity index (χ4v) is 0.980. The predicted molar refractivity (Wildman–Crippen MR) is 59.5 cm³/mol.